The molecule has 0 radical (unpaired) electrons. The third-order valence-electron chi connectivity index (χ3n) is 4.47. The lowest BCUT2D eigenvalue weighted by molar-refractivity contribution is 0.0944. The summed E-state index contributed by atoms with van der Waals surface area (Å²) in [5.41, 5.74) is 6.42. The molecular formula is C19H16FN5O2S. The van der Waals surface area contributed by atoms with Crippen molar-refractivity contribution in [2.75, 3.05) is 5.32 Å². The molecule has 0 bridgehead atoms. The monoisotopic (exact) mass is 397 g/mol. The second kappa shape index (κ2) is 7.35. The number of aryl methyl sites for hydroxylation is 1. The predicted octanol–water partition coefficient (Wildman–Crippen LogP) is 2.11. The van der Waals surface area contributed by atoms with E-state index >= 15 is 0 Å². The van der Waals surface area contributed by atoms with E-state index in [-0.39, 0.29) is 16.5 Å². The van der Waals surface area contributed by atoms with Crippen LogP contribution >= 0.6 is 12.2 Å². The van der Waals surface area contributed by atoms with E-state index in [1.165, 1.54) is 24.3 Å². The van der Waals surface area contributed by atoms with Crippen molar-refractivity contribution in [1.82, 2.24) is 20.4 Å². The van der Waals surface area contributed by atoms with E-state index in [0.29, 0.717) is 28.7 Å². The number of benzene rings is 2. The van der Waals surface area contributed by atoms with E-state index in [4.69, 9.17) is 12.2 Å². The van der Waals surface area contributed by atoms with Gasteiger partial charge in [0.2, 0.25) is 0 Å². The van der Waals surface area contributed by atoms with Gasteiger partial charge >= 0.3 is 0 Å². The number of carbonyl (C=O) groups excluding carboxylic acids is 1. The van der Waals surface area contributed by atoms with Gasteiger partial charge in [0.25, 0.3) is 11.5 Å². The molecule has 0 atom stereocenters. The van der Waals surface area contributed by atoms with Crippen LogP contribution in [0.2, 0.25) is 0 Å². The number of fused-ring (bicyclic) bond motifs is 2. The number of hydrogen-bond acceptors (Lipinski definition) is 4. The first-order valence-corrected chi connectivity index (χ1v) is 9.08. The Hall–Kier alpha value is -3.33. The van der Waals surface area contributed by atoms with Crippen molar-refractivity contribution in [3.8, 4) is 0 Å². The van der Waals surface area contributed by atoms with Gasteiger partial charge in [0, 0.05) is 24.2 Å². The molecule has 0 fully saturated rings. The molecule has 0 saturated heterocycles. The molecule has 3 aromatic rings. The molecule has 1 aromatic heterocycles. The molecule has 1 aliphatic rings. The van der Waals surface area contributed by atoms with Crippen molar-refractivity contribution in [2.45, 2.75) is 19.4 Å². The smallest absolute Gasteiger partial charge is 0.269 e. The summed E-state index contributed by atoms with van der Waals surface area (Å²) in [6.45, 7) is 0.682. The lowest BCUT2D eigenvalue weighted by Gasteiger charge is -2.12. The zero-order chi connectivity index (χ0) is 19.7. The number of anilines is 1. The van der Waals surface area contributed by atoms with Crippen molar-refractivity contribution >= 4 is 39.8 Å². The van der Waals surface area contributed by atoms with Crippen LogP contribution in [0.4, 0.5) is 10.1 Å². The van der Waals surface area contributed by atoms with Crippen molar-refractivity contribution in [2.24, 2.45) is 0 Å². The van der Waals surface area contributed by atoms with Gasteiger partial charge < -0.3 is 5.32 Å². The second-order valence-electron chi connectivity index (χ2n) is 6.36. The largest absolute Gasteiger partial charge is 0.331 e. The summed E-state index contributed by atoms with van der Waals surface area (Å²) < 4.78 is 14.6. The molecule has 1 amide bonds. The summed E-state index contributed by atoms with van der Waals surface area (Å²) in [5, 5.41) is 3.46. The number of hydrogen-bond donors (Lipinski definition) is 3. The number of nitrogens with one attached hydrogen (secondary N) is 3. The molecule has 28 heavy (non-hydrogen) atoms. The third kappa shape index (κ3) is 3.56. The fourth-order valence-electron chi connectivity index (χ4n) is 3.11. The topological polar surface area (TPSA) is 88.0 Å². The van der Waals surface area contributed by atoms with Crippen LogP contribution in [0.25, 0.3) is 10.9 Å². The van der Waals surface area contributed by atoms with Gasteiger partial charge in [-0.25, -0.2) is 9.37 Å². The highest BCUT2D eigenvalue weighted by molar-refractivity contribution is 7.80. The first-order chi connectivity index (χ1) is 13.5. The standard InChI is InChI=1S/C19H16FN5O2S/c20-12-4-6-13(7-5-12)21-19(28)24-23-17(26)11-3-8-14-15(10-11)22-16-2-1-9-25(16)18(14)27/h3-8,10H,1-2,9H2,(H,23,26)(H2,21,24,28). The number of nitrogens with zero attached hydrogens (tertiary/aromatic N) is 2. The Morgan fingerprint density at radius 2 is 1.93 bits per heavy atom. The summed E-state index contributed by atoms with van der Waals surface area (Å²) in [6, 6.07) is 10.4. The number of halogens is 1. The lowest BCUT2D eigenvalue weighted by atomic mass is 10.1. The minimum absolute atomic E-state index is 0.0766. The van der Waals surface area contributed by atoms with Gasteiger partial charge in [0.1, 0.15) is 11.6 Å². The van der Waals surface area contributed by atoms with Gasteiger partial charge in [0.15, 0.2) is 5.11 Å². The maximum atomic E-state index is 12.9. The Balaban J connectivity index is 1.45. The fourth-order valence-corrected chi connectivity index (χ4v) is 3.28. The molecule has 9 heteroatoms. The molecule has 2 aromatic carbocycles. The Kier molecular flexibility index (Phi) is 4.74. The molecule has 0 unspecified atom stereocenters. The highest BCUT2D eigenvalue weighted by atomic mass is 32.1. The fraction of sp³-hybridized carbons (Fsp3) is 0.158. The quantitative estimate of drug-likeness (QED) is 0.454. The maximum absolute atomic E-state index is 12.9. The van der Waals surface area contributed by atoms with E-state index in [0.717, 1.165) is 18.7 Å². The Labute approximate surface area is 164 Å². The summed E-state index contributed by atoms with van der Waals surface area (Å²) in [7, 11) is 0. The van der Waals surface area contributed by atoms with Crippen molar-refractivity contribution in [3.05, 3.63) is 70.0 Å². The van der Waals surface area contributed by atoms with Gasteiger partial charge in [-0.3, -0.25) is 25.0 Å². The Morgan fingerprint density at radius 1 is 1.14 bits per heavy atom. The molecule has 1 aliphatic heterocycles. The highest BCUT2D eigenvalue weighted by Gasteiger charge is 2.17. The van der Waals surface area contributed by atoms with E-state index in [2.05, 4.69) is 21.2 Å². The van der Waals surface area contributed by atoms with Crippen LogP contribution in [0, 0.1) is 5.82 Å². The Bertz CT molecular complexity index is 1140. The van der Waals surface area contributed by atoms with Crippen LogP contribution in [0.5, 0.6) is 0 Å². The molecule has 0 aliphatic carbocycles. The third-order valence-corrected chi connectivity index (χ3v) is 4.67. The number of thiocarbonyl (C=S) groups is 1. The zero-order valence-electron chi connectivity index (χ0n) is 14.7. The number of rotatable bonds is 2. The number of hydrazine groups is 1. The van der Waals surface area contributed by atoms with Gasteiger partial charge in [-0.1, -0.05) is 0 Å². The average molecular weight is 397 g/mol. The molecule has 7 nitrogen and oxygen atoms in total. The van der Waals surface area contributed by atoms with Crippen molar-refractivity contribution < 1.29 is 9.18 Å². The Morgan fingerprint density at radius 3 is 2.71 bits per heavy atom. The van der Waals surface area contributed by atoms with Crippen LogP contribution in [-0.2, 0) is 13.0 Å². The van der Waals surface area contributed by atoms with Crippen LogP contribution in [-0.4, -0.2) is 20.6 Å². The first kappa shape index (κ1) is 18.1. The highest BCUT2D eigenvalue weighted by Crippen LogP contribution is 2.16. The van der Waals surface area contributed by atoms with E-state index in [1.54, 1.807) is 22.8 Å². The summed E-state index contributed by atoms with van der Waals surface area (Å²) in [4.78, 5) is 29.4. The maximum Gasteiger partial charge on any atom is 0.269 e. The molecule has 0 saturated carbocycles. The SMILES string of the molecule is O=C(NNC(=S)Nc1ccc(F)cc1)c1ccc2c(=O)n3c(nc2c1)CCC3. The molecule has 4 rings (SSSR count). The van der Waals surface area contributed by atoms with Crippen LogP contribution in [0.15, 0.2) is 47.3 Å². The molecule has 0 spiro atoms. The second-order valence-corrected chi connectivity index (χ2v) is 6.77. The van der Waals surface area contributed by atoms with Crippen LogP contribution in [0.3, 0.4) is 0 Å². The van der Waals surface area contributed by atoms with E-state index in [9.17, 15) is 14.0 Å². The van der Waals surface area contributed by atoms with Gasteiger partial charge in [-0.2, -0.15) is 0 Å². The van der Waals surface area contributed by atoms with Crippen LogP contribution < -0.4 is 21.7 Å². The van der Waals surface area contributed by atoms with E-state index < -0.39 is 5.91 Å². The van der Waals surface area contributed by atoms with Crippen molar-refractivity contribution in [3.63, 3.8) is 0 Å². The number of carbonyl (C=O) groups is 1. The lowest BCUT2D eigenvalue weighted by Crippen LogP contribution is -2.43. The summed E-state index contributed by atoms with van der Waals surface area (Å²) in [6.07, 6.45) is 1.65. The predicted molar refractivity (Wildman–Crippen MR) is 108 cm³/mol. The zero-order valence-corrected chi connectivity index (χ0v) is 15.5. The molecule has 2 heterocycles. The minimum atomic E-state index is -0.424. The molecular weight excluding hydrogens is 381 g/mol. The van der Waals surface area contributed by atoms with Gasteiger partial charge in [-0.05, 0) is 61.1 Å². The van der Waals surface area contributed by atoms with Crippen LogP contribution in [0.1, 0.15) is 22.6 Å². The van der Waals surface area contributed by atoms with Gasteiger partial charge in [-0.15, -0.1) is 0 Å². The molecule has 3 N–H and O–H groups in total. The van der Waals surface area contributed by atoms with E-state index in [1.807, 2.05) is 0 Å². The average Bonchev–Trinajstić information content (AvgIpc) is 3.16. The molecule has 142 valence electrons. The minimum Gasteiger partial charge on any atom is -0.331 e. The number of amides is 1. The number of aromatic nitrogens is 2. The van der Waals surface area contributed by atoms with Crippen molar-refractivity contribution in [1.29, 1.82) is 0 Å². The summed E-state index contributed by atoms with van der Waals surface area (Å²) in [5.74, 6) is -0.0293. The van der Waals surface area contributed by atoms with Gasteiger partial charge in [0.05, 0.1) is 10.9 Å². The normalized spacial score (nSPS) is 12.5. The summed E-state index contributed by atoms with van der Waals surface area (Å²) >= 11 is 5.10. The first-order valence-electron chi connectivity index (χ1n) is 8.67.